The molecular weight excluding hydrogens is 337 g/mol. The van der Waals surface area contributed by atoms with Crippen molar-refractivity contribution in [1.82, 2.24) is 4.90 Å². The van der Waals surface area contributed by atoms with Crippen LogP contribution < -0.4 is 10.6 Å². The molecule has 1 unspecified atom stereocenters. The maximum atomic E-state index is 5.56. The lowest BCUT2D eigenvalue weighted by molar-refractivity contribution is 0.0153. The summed E-state index contributed by atoms with van der Waals surface area (Å²) in [6.07, 6.45) is 7.03. The Labute approximate surface area is 157 Å². The van der Waals surface area contributed by atoms with E-state index in [0.29, 0.717) is 12.0 Å². The Morgan fingerprint density at radius 2 is 1.50 bits per heavy atom. The van der Waals surface area contributed by atoms with Gasteiger partial charge in [-0.3, -0.25) is 4.90 Å². The van der Waals surface area contributed by atoms with Crippen molar-refractivity contribution in [3.8, 4) is 0 Å². The third-order valence-corrected chi connectivity index (χ3v) is 7.95. The molecule has 1 saturated heterocycles. The summed E-state index contributed by atoms with van der Waals surface area (Å²) < 4.78 is 5.56. The summed E-state index contributed by atoms with van der Waals surface area (Å²) in [4.78, 5) is 2.58. The molecule has 0 bridgehead atoms. The second-order valence-corrected chi connectivity index (χ2v) is 9.12. The summed E-state index contributed by atoms with van der Waals surface area (Å²) in [5.41, 5.74) is 0. The number of benzene rings is 2. The van der Waals surface area contributed by atoms with Gasteiger partial charge in [0.15, 0.2) is 0 Å². The molecule has 2 aromatic rings. The molecule has 26 heavy (non-hydrogen) atoms. The highest BCUT2D eigenvalue weighted by Gasteiger charge is 2.32. The van der Waals surface area contributed by atoms with E-state index in [0.717, 1.165) is 26.3 Å². The summed E-state index contributed by atoms with van der Waals surface area (Å²) in [5, 5.41) is 4.43. The van der Waals surface area contributed by atoms with Crippen LogP contribution in [0.2, 0.25) is 0 Å². The first kappa shape index (κ1) is 17.7. The molecule has 2 aromatic carbocycles. The largest absolute Gasteiger partial charge is 0.379 e. The maximum Gasteiger partial charge on any atom is 0.0594 e. The highest BCUT2D eigenvalue weighted by Crippen LogP contribution is 2.50. The number of ether oxygens (including phenoxy) is 1. The summed E-state index contributed by atoms with van der Waals surface area (Å²) in [7, 11) is -0.504. The van der Waals surface area contributed by atoms with Crippen molar-refractivity contribution in [1.29, 1.82) is 0 Å². The summed E-state index contributed by atoms with van der Waals surface area (Å²) >= 11 is 0. The third-order valence-electron chi connectivity index (χ3n) is 5.36. The molecule has 0 aromatic heterocycles. The molecule has 0 saturated carbocycles. The lowest BCUT2D eigenvalue weighted by Gasteiger charge is -2.37. The smallest absolute Gasteiger partial charge is 0.0594 e. The molecule has 1 heterocycles. The molecule has 0 spiro atoms. The molecule has 1 aliphatic carbocycles. The SMILES string of the molecule is C[C@H](C1C=CC=C1P(c1ccccc1)c1ccccc1)N1CCOCC1. The molecule has 2 aliphatic rings. The van der Waals surface area contributed by atoms with Crippen LogP contribution in [-0.2, 0) is 4.74 Å². The van der Waals surface area contributed by atoms with Crippen molar-refractivity contribution in [3.63, 3.8) is 0 Å². The monoisotopic (exact) mass is 363 g/mol. The van der Waals surface area contributed by atoms with Gasteiger partial charge in [-0.15, -0.1) is 0 Å². The fourth-order valence-electron chi connectivity index (χ4n) is 3.93. The van der Waals surface area contributed by atoms with E-state index < -0.39 is 7.92 Å². The van der Waals surface area contributed by atoms with E-state index in [1.54, 1.807) is 5.31 Å². The molecule has 134 valence electrons. The van der Waals surface area contributed by atoms with Gasteiger partial charge in [-0.05, 0) is 30.8 Å². The molecule has 0 N–H and O–H groups in total. The molecule has 1 aliphatic heterocycles. The number of nitrogens with zero attached hydrogens (tertiary/aromatic N) is 1. The molecule has 1 fully saturated rings. The van der Waals surface area contributed by atoms with Gasteiger partial charge in [0.2, 0.25) is 0 Å². The standard InChI is InChI=1S/C23H26NOP/c1-19(24-15-17-25-18-16-24)22-13-8-14-23(22)26(20-9-4-2-5-10-20)21-11-6-3-7-12-21/h2-14,19,22H,15-18H2,1H3/t19-,22?/m1/s1. The van der Waals surface area contributed by atoms with Crippen molar-refractivity contribution in [2.24, 2.45) is 5.92 Å². The van der Waals surface area contributed by atoms with Gasteiger partial charge < -0.3 is 4.74 Å². The topological polar surface area (TPSA) is 12.5 Å². The Bertz CT molecular complexity index is 726. The zero-order valence-corrected chi connectivity index (χ0v) is 16.2. The van der Waals surface area contributed by atoms with Crippen LogP contribution in [0.15, 0.2) is 84.2 Å². The summed E-state index contributed by atoms with van der Waals surface area (Å²) in [6, 6.07) is 22.5. The van der Waals surface area contributed by atoms with E-state index in [1.165, 1.54) is 10.6 Å². The Kier molecular flexibility index (Phi) is 5.65. The van der Waals surface area contributed by atoms with Gasteiger partial charge in [-0.25, -0.2) is 0 Å². The van der Waals surface area contributed by atoms with Crippen LogP contribution in [0.25, 0.3) is 0 Å². The van der Waals surface area contributed by atoms with E-state index >= 15 is 0 Å². The molecule has 0 radical (unpaired) electrons. The van der Waals surface area contributed by atoms with Crippen LogP contribution in [0.5, 0.6) is 0 Å². The molecule has 2 nitrogen and oxygen atoms in total. The first-order chi connectivity index (χ1) is 12.8. The first-order valence-electron chi connectivity index (χ1n) is 9.45. The lowest BCUT2D eigenvalue weighted by atomic mass is 10.0. The predicted octanol–water partition coefficient (Wildman–Crippen LogP) is 3.91. The third kappa shape index (κ3) is 3.69. The van der Waals surface area contributed by atoms with E-state index in [4.69, 9.17) is 4.74 Å². The van der Waals surface area contributed by atoms with Crippen molar-refractivity contribution < 1.29 is 4.74 Å². The number of hydrogen-bond acceptors (Lipinski definition) is 2. The van der Waals surface area contributed by atoms with Gasteiger partial charge >= 0.3 is 0 Å². The number of allylic oxidation sites excluding steroid dienone is 2. The molecule has 2 atom stereocenters. The van der Waals surface area contributed by atoms with Crippen molar-refractivity contribution in [3.05, 3.63) is 84.2 Å². The maximum absolute atomic E-state index is 5.56. The van der Waals surface area contributed by atoms with E-state index in [9.17, 15) is 0 Å². The molecule has 0 amide bonds. The fraction of sp³-hybridized carbons (Fsp3) is 0.304. The van der Waals surface area contributed by atoms with E-state index in [-0.39, 0.29) is 0 Å². The number of rotatable bonds is 5. The Morgan fingerprint density at radius 1 is 0.923 bits per heavy atom. The Morgan fingerprint density at radius 3 is 2.08 bits per heavy atom. The minimum atomic E-state index is -0.504. The number of hydrogen-bond donors (Lipinski definition) is 0. The van der Waals surface area contributed by atoms with E-state index in [1.807, 2.05) is 0 Å². The predicted molar refractivity (Wildman–Crippen MR) is 112 cm³/mol. The van der Waals surface area contributed by atoms with Crippen molar-refractivity contribution in [2.75, 3.05) is 26.3 Å². The summed E-state index contributed by atoms with van der Waals surface area (Å²) in [5.74, 6) is 0.472. The quantitative estimate of drug-likeness (QED) is 0.747. The second-order valence-electron chi connectivity index (χ2n) is 6.90. The average Bonchev–Trinajstić information content (AvgIpc) is 3.19. The van der Waals surface area contributed by atoms with Crippen LogP contribution in [0.4, 0.5) is 0 Å². The van der Waals surface area contributed by atoms with Gasteiger partial charge in [0.05, 0.1) is 13.2 Å². The second kappa shape index (κ2) is 8.31. The number of morpholine rings is 1. The van der Waals surface area contributed by atoms with Crippen LogP contribution in [0, 0.1) is 5.92 Å². The summed E-state index contributed by atoms with van der Waals surface area (Å²) in [6.45, 7) is 6.15. The van der Waals surface area contributed by atoms with Gasteiger partial charge in [0.25, 0.3) is 0 Å². The minimum absolute atomic E-state index is 0.472. The van der Waals surface area contributed by atoms with Gasteiger partial charge in [0, 0.05) is 25.0 Å². The zero-order chi connectivity index (χ0) is 17.8. The van der Waals surface area contributed by atoms with Crippen molar-refractivity contribution in [2.45, 2.75) is 13.0 Å². The highest BCUT2D eigenvalue weighted by atomic mass is 31.1. The normalized spacial score (nSPS) is 21.8. The Hall–Kier alpha value is -1.73. The van der Waals surface area contributed by atoms with Crippen molar-refractivity contribution >= 4 is 18.5 Å². The van der Waals surface area contributed by atoms with Crippen LogP contribution in [-0.4, -0.2) is 37.2 Å². The highest BCUT2D eigenvalue weighted by molar-refractivity contribution is 7.76. The van der Waals surface area contributed by atoms with Crippen LogP contribution in [0.3, 0.4) is 0 Å². The van der Waals surface area contributed by atoms with Crippen LogP contribution in [0.1, 0.15) is 6.92 Å². The van der Waals surface area contributed by atoms with Gasteiger partial charge in [-0.1, -0.05) is 78.9 Å². The first-order valence-corrected chi connectivity index (χ1v) is 10.8. The molecular formula is C23H26NOP. The zero-order valence-electron chi connectivity index (χ0n) is 15.3. The van der Waals surface area contributed by atoms with E-state index in [2.05, 4.69) is 90.7 Å². The lowest BCUT2D eigenvalue weighted by Crippen LogP contribution is -2.45. The molecule has 3 heteroatoms. The van der Waals surface area contributed by atoms with Crippen LogP contribution >= 0.6 is 7.92 Å². The Balaban J connectivity index is 1.67. The molecule has 4 rings (SSSR count). The fourth-order valence-corrected chi connectivity index (χ4v) is 6.60. The van der Waals surface area contributed by atoms with Gasteiger partial charge in [-0.2, -0.15) is 0 Å². The average molecular weight is 363 g/mol. The minimum Gasteiger partial charge on any atom is -0.379 e. The van der Waals surface area contributed by atoms with Gasteiger partial charge in [0.1, 0.15) is 0 Å².